The molecule has 0 radical (unpaired) electrons. The first-order valence-corrected chi connectivity index (χ1v) is 7.86. The van der Waals surface area contributed by atoms with Gasteiger partial charge in [0.25, 0.3) is 0 Å². The number of nitrogens with two attached hydrogens (primary N) is 1. The van der Waals surface area contributed by atoms with Gasteiger partial charge in [-0.2, -0.15) is 13.2 Å². The highest BCUT2D eigenvalue weighted by Crippen LogP contribution is 2.37. The standard InChI is InChI=1S/C14H20F3N3S/c15-14(16,17)21-12-6-4-11(5-7-12)13(10-18)19-20-8-2-1-3-9-20/h4-7,13,19H,1-3,8-10,18H2. The predicted molar refractivity (Wildman–Crippen MR) is 78.7 cm³/mol. The number of hydrazine groups is 1. The van der Waals surface area contributed by atoms with Crippen LogP contribution in [0.5, 0.6) is 0 Å². The molecule has 1 aromatic carbocycles. The number of hydrogen-bond donors (Lipinski definition) is 2. The lowest BCUT2D eigenvalue weighted by Crippen LogP contribution is -2.45. The molecule has 0 spiro atoms. The van der Waals surface area contributed by atoms with Gasteiger partial charge in [0, 0.05) is 24.5 Å². The third-order valence-corrected chi connectivity index (χ3v) is 4.19. The highest BCUT2D eigenvalue weighted by molar-refractivity contribution is 8.00. The van der Waals surface area contributed by atoms with Crippen LogP contribution in [0.25, 0.3) is 0 Å². The van der Waals surface area contributed by atoms with Crippen LogP contribution < -0.4 is 11.2 Å². The fourth-order valence-corrected chi connectivity index (χ4v) is 2.95. The zero-order valence-corrected chi connectivity index (χ0v) is 12.5. The minimum atomic E-state index is -4.25. The highest BCUT2D eigenvalue weighted by Gasteiger charge is 2.29. The SMILES string of the molecule is NCC(NN1CCCCC1)c1ccc(SC(F)(F)F)cc1. The van der Waals surface area contributed by atoms with Gasteiger partial charge in [-0.1, -0.05) is 18.6 Å². The predicted octanol–water partition coefficient (Wildman–Crippen LogP) is 3.29. The van der Waals surface area contributed by atoms with Gasteiger partial charge in [0.1, 0.15) is 0 Å². The summed E-state index contributed by atoms with van der Waals surface area (Å²) in [5.74, 6) is 0. The van der Waals surface area contributed by atoms with E-state index >= 15 is 0 Å². The average Bonchev–Trinajstić information content (AvgIpc) is 2.45. The van der Waals surface area contributed by atoms with Crippen molar-refractivity contribution >= 4 is 11.8 Å². The first-order valence-electron chi connectivity index (χ1n) is 7.05. The Morgan fingerprint density at radius 2 is 1.76 bits per heavy atom. The Hall–Kier alpha value is -0.760. The zero-order valence-electron chi connectivity index (χ0n) is 11.7. The number of hydrogen-bond acceptors (Lipinski definition) is 4. The molecule has 3 N–H and O–H groups in total. The van der Waals surface area contributed by atoms with Gasteiger partial charge in [-0.15, -0.1) is 0 Å². The van der Waals surface area contributed by atoms with E-state index in [1.54, 1.807) is 12.1 Å². The average molecular weight is 319 g/mol. The molecule has 1 fully saturated rings. The van der Waals surface area contributed by atoms with Crippen LogP contribution in [-0.2, 0) is 0 Å². The molecule has 1 heterocycles. The Morgan fingerprint density at radius 1 is 1.14 bits per heavy atom. The van der Waals surface area contributed by atoms with Crippen LogP contribution in [0.4, 0.5) is 13.2 Å². The van der Waals surface area contributed by atoms with Crippen molar-refractivity contribution in [3.05, 3.63) is 29.8 Å². The van der Waals surface area contributed by atoms with Crippen LogP contribution in [0, 0.1) is 0 Å². The second-order valence-electron chi connectivity index (χ2n) is 5.08. The Labute approximate surface area is 127 Å². The second kappa shape index (κ2) is 7.49. The minimum Gasteiger partial charge on any atom is -0.329 e. The van der Waals surface area contributed by atoms with E-state index in [0.29, 0.717) is 6.54 Å². The number of benzene rings is 1. The van der Waals surface area contributed by atoms with Crippen molar-refractivity contribution in [1.82, 2.24) is 10.4 Å². The van der Waals surface area contributed by atoms with E-state index in [1.807, 2.05) is 0 Å². The maximum absolute atomic E-state index is 12.3. The molecule has 0 aromatic heterocycles. The van der Waals surface area contributed by atoms with E-state index in [1.165, 1.54) is 18.6 Å². The van der Waals surface area contributed by atoms with E-state index in [2.05, 4.69) is 10.4 Å². The molecule has 118 valence electrons. The van der Waals surface area contributed by atoms with Gasteiger partial charge in [-0.25, -0.2) is 10.4 Å². The van der Waals surface area contributed by atoms with Crippen molar-refractivity contribution in [1.29, 1.82) is 0 Å². The molecular formula is C14H20F3N3S. The summed E-state index contributed by atoms with van der Waals surface area (Å²) in [4.78, 5) is 0.194. The normalized spacial score (nSPS) is 18.7. The highest BCUT2D eigenvalue weighted by atomic mass is 32.2. The van der Waals surface area contributed by atoms with Gasteiger partial charge in [0.05, 0.1) is 6.04 Å². The molecule has 2 rings (SSSR count). The number of nitrogens with one attached hydrogen (secondary N) is 1. The van der Waals surface area contributed by atoms with Gasteiger partial charge in [-0.05, 0) is 42.3 Å². The first-order chi connectivity index (χ1) is 9.98. The molecule has 21 heavy (non-hydrogen) atoms. The molecule has 0 saturated carbocycles. The summed E-state index contributed by atoms with van der Waals surface area (Å²) < 4.78 is 36.9. The van der Waals surface area contributed by atoms with Crippen molar-refractivity contribution in [2.45, 2.75) is 35.7 Å². The Bertz CT molecular complexity index is 430. The van der Waals surface area contributed by atoms with E-state index < -0.39 is 5.51 Å². The third kappa shape index (κ3) is 5.50. The molecular weight excluding hydrogens is 299 g/mol. The molecule has 1 atom stereocenters. The van der Waals surface area contributed by atoms with Gasteiger partial charge < -0.3 is 5.73 Å². The molecule has 0 amide bonds. The lowest BCUT2D eigenvalue weighted by molar-refractivity contribution is -0.0328. The fourth-order valence-electron chi connectivity index (χ4n) is 2.41. The number of alkyl halides is 3. The van der Waals surface area contributed by atoms with Gasteiger partial charge >= 0.3 is 5.51 Å². The number of piperidine rings is 1. The van der Waals surface area contributed by atoms with Crippen LogP contribution in [0.1, 0.15) is 30.9 Å². The molecule has 1 unspecified atom stereocenters. The minimum absolute atomic E-state index is 0.0620. The summed E-state index contributed by atoms with van der Waals surface area (Å²) in [5, 5.41) is 2.15. The summed E-state index contributed by atoms with van der Waals surface area (Å²) >= 11 is -0.0976. The maximum atomic E-state index is 12.3. The summed E-state index contributed by atoms with van der Waals surface area (Å²) in [6.07, 6.45) is 3.56. The Balaban J connectivity index is 1.97. The maximum Gasteiger partial charge on any atom is 0.446 e. The van der Waals surface area contributed by atoms with Crippen LogP contribution in [-0.4, -0.2) is 30.2 Å². The van der Waals surface area contributed by atoms with Crippen LogP contribution in [0.3, 0.4) is 0 Å². The number of rotatable bonds is 5. The number of halogens is 3. The van der Waals surface area contributed by atoms with E-state index in [4.69, 9.17) is 5.73 Å². The largest absolute Gasteiger partial charge is 0.446 e. The lowest BCUT2D eigenvalue weighted by atomic mass is 10.1. The first kappa shape index (κ1) is 16.6. The van der Waals surface area contributed by atoms with Crippen molar-refractivity contribution < 1.29 is 13.2 Å². The Kier molecular flexibility index (Phi) is 5.92. The Morgan fingerprint density at radius 3 is 2.29 bits per heavy atom. The zero-order chi connectivity index (χ0) is 15.3. The number of thioether (sulfide) groups is 1. The summed E-state index contributed by atoms with van der Waals surface area (Å²) in [6.45, 7) is 2.37. The van der Waals surface area contributed by atoms with Crippen molar-refractivity contribution in [2.24, 2.45) is 5.73 Å². The topological polar surface area (TPSA) is 41.3 Å². The van der Waals surface area contributed by atoms with E-state index in [0.717, 1.165) is 31.5 Å². The van der Waals surface area contributed by atoms with Crippen molar-refractivity contribution in [3.63, 3.8) is 0 Å². The van der Waals surface area contributed by atoms with Gasteiger partial charge in [0.2, 0.25) is 0 Å². The molecule has 1 aromatic rings. The van der Waals surface area contributed by atoms with Crippen LogP contribution in [0.2, 0.25) is 0 Å². The molecule has 0 bridgehead atoms. The van der Waals surface area contributed by atoms with Crippen molar-refractivity contribution in [3.8, 4) is 0 Å². The lowest BCUT2D eigenvalue weighted by Gasteiger charge is -2.31. The molecule has 1 saturated heterocycles. The van der Waals surface area contributed by atoms with Crippen LogP contribution in [0.15, 0.2) is 29.2 Å². The smallest absolute Gasteiger partial charge is 0.329 e. The quantitative estimate of drug-likeness (QED) is 0.817. The molecule has 7 heteroatoms. The van der Waals surface area contributed by atoms with Crippen LogP contribution >= 0.6 is 11.8 Å². The van der Waals surface area contributed by atoms with E-state index in [9.17, 15) is 13.2 Å². The molecule has 1 aliphatic rings. The third-order valence-electron chi connectivity index (χ3n) is 3.45. The fraction of sp³-hybridized carbons (Fsp3) is 0.571. The summed E-state index contributed by atoms with van der Waals surface area (Å²) in [5.41, 5.74) is 5.82. The molecule has 3 nitrogen and oxygen atoms in total. The number of nitrogens with zero attached hydrogens (tertiary/aromatic N) is 1. The van der Waals surface area contributed by atoms with Crippen molar-refractivity contribution in [2.75, 3.05) is 19.6 Å². The monoisotopic (exact) mass is 319 g/mol. The second-order valence-corrected chi connectivity index (χ2v) is 6.22. The molecule has 0 aliphatic carbocycles. The summed E-state index contributed by atoms with van der Waals surface area (Å²) in [7, 11) is 0. The van der Waals surface area contributed by atoms with Gasteiger partial charge in [0.15, 0.2) is 0 Å². The molecule has 1 aliphatic heterocycles. The van der Waals surface area contributed by atoms with Gasteiger partial charge in [-0.3, -0.25) is 0 Å². The summed E-state index contributed by atoms with van der Waals surface area (Å²) in [6, 6.07) is 6.35. The van der Waals surface area contributed by atoms with E-state index in [-0.39, 0.29) is 22.7 Å².